The Bertz CT molecular complexity index is 685. The standard InChI is InChI=1S/C16H17Cl2NO3/c1-21-7-2-8-22-14-5-6-19(16(20)10-14)11-12-3-4-13(17)9-15(12)18/h3-6,9-10H,2,7-8,11H2,1H3. The summed E-state index contributed by atoms with van der Waals surface area (Å²) in [6.45, 7) is 1.53. The van der Waals surface area contributed by atoms with Crippen LogP contribution in [0.2, 0.25) is 10.0 Å². The maximum Gasteiger partial charge on any atom is 0.254 e. The molecule has 0 bridgehead atoms. The SMILES string of the molecule is COCCCOc1ccn(Cc2ccc(Cl)cc2Cl)c(=O)c1. The van der Waals surface area contributed by atoms with Crippen LogP contribution in [0.15, 0.2) is 41.3 Å². The molecule has 2 rings (SSSR count). The van der Waals surface area contributed by atoms with E-state index in [0.29, 0.717) is 35.6 Å². The van der Waals surface area contributed by atoms with Gasteiger partial charge < -0.3 is 14.0 Å². The molecule has 4 nitrogen and oxygen atoms in total. The Hall–Kier alpha value is -1.49. The first-order chi connectivity index (χ1) is 10.6. The lowest BCUT2D eigenvalue weighted by Crippen LogP contribution is -2.19. The highest BCUT2D eigenvalue weighted by molar-refractivity contribution is 6.35. The first kappa shape index (κ1) is 16.9. The molecule has 0 saturated carbocycles. The summed E-state index contributed by atoms with van der Waals surface area (Å²) in [7, 11) is 1.64. The van der Waals surface area contributed by atoms with E-state index in [1.807, 2.05) is 6.07 Å². The number of hydrogen-bond acceptors (Lipinski definition) is 3. The zero-order valence-corrected chi connectivity index (χ0v) is 13.7. The lowest BCUT2D eigenvalue weighted by atomic mass is 10.2. The molecule has 0 N–H and O–H groups in total. The van der Waals surface area contributed by atoms with Crippen LogP contribution in [0.1, 0.15) is 12.0 Å². The summed E-state index contributed by atoms with van der Waals surface area (Å²) in [5, 5.41) is 1.11. The number of methoxy groups -OCH3 is 1. The Balaban J connectivity index is 2.05. The van der Waals surface area contributed by atoms with E-state index in [-0.39, 0.29) is 5.56 Å². The minimum Gasteiger partial charge on any atom is -0.493 e. The Morgan fingerprint density at radius 3 is 2.64 bits per heavy atom. The van der Waals surface area contributed by atoms with E-state index < -0.39 is 0 Å². The van der Waals surface area contributed by atoms with E-state index in [4.69, 9.17) is 32.7 Å². The molecule has 0 fully saturated rings. The fraction of sp³-hybridized carbons (Fsp3) is 0.312. The summed E-state index contributed by atoms with van der Waals surface area (Å²) >= 11 is 12.0. The molecule has 0 aliphatic rings. The highest BCUT2D eigenvalue weighted by atomic mass is 35.5. The van der Waals surface area contributed by atoms with Crippen LogP contribution in [-0.2, 0) is 11.3 Å². The predicted molar refractivity (Wildman–Crippen MR) is 88.3 cm³/mol. The van der Waals surface area contributed by atoms with Gasteiger partial charge in [0.15, 0.2) is 0 Å². The van der Waals surface area contributed by atoms with Crippen LogP contribution in [-0.4, -0.2) is 24.9 Å². The molecule has 0 aliphatic heterocycles. The first-order valence-electron chi connectivity index (χ1n) is 6.86. The van der Waals surface area contributed by atoms with Gasteiger partial charge in [0.2, 0.25) is 0 Å². The second-order valence-electron chi connectivity index (χ2n) is 4.76. The fourth-order valence-corrected chi connectivity index (χ4v) is 2.40. The molecule has 0 unspecified atom stereocenters. The van der Waals surface area contributed by atoms with E-state index in [1.54, 1.807) is 36.1 Å². The number of rotatable bonds is 7. The number of hydrogen-bond donors (Lipinski definition) is 0. The third-order valence-electron chi connectivity index (χ3n) is 3.08. The van der Waals surface area contributed by atoms with Crippen molar-refractivity contribution in [1.82, 2.24) is 4.57 Å². The molecule has 0 atom stereocenters. The zero-order chi connectivity index (χ0) is 15.9. The van der Waals surface area contributed by atoms with Crippen molar-refractivity contribution >= 4 is 23.2 Å². The zero-order valence-electron chi connectivity index (χ0n) is 12.2. The van der Waals surface area contributed by atoms with Gasteiger partial charge >= 0.3 is 0 Å². The molecular weight excluding hydrogens is 325 g/mol. The number of aromatic nitrogens is 1. The molecule has 0 spiro atoms. The van der Waals surface area contributed by atoms with E-state index in [0.717, 1.165) is 12.0 Å². The van der Waals surface area contributed by atoms with Crippen molar-refractivity contribution in [3.63, 3.8) is 0 Å². The van der Waals surface area contributed by atoms with Gasteiger partial charge in [-0.3, -0.25) is 4.79 Å². The van der Waals surface area contributed by atoms with E-state index in [2.05, 4.69) is 0 Å². The molecule has 1 aromatic heterocycles. The normalized spacial score (nSPS) is 10.7. The highest BCUT2D eigenvalue weighted by Gasteiger charge is 2.05. The Labute approximate surface area is 139 Å². The first-order valence-corrected chi connectivity index (χ1v) is 7.62. The highest BCUT2D eigenvalue weighted by Crippen LogP contribution is 2.21. The van der Waals surface area contributed by atoms with E-state index >= 15 is 0 Å². The van der Waals surface area contributed by atoms with Crippen LogP contribution in [0.4, 0.5) is 0 Å². The van der Waals surface area contributed by atoms with Crippen LogP contribution in [0, 0.1) is 0 Å². The van der Waals surface area contributed by atoms with Crippen LogP contribution in [0.3, 0.4) is 0 Å². The van der Waals surface area contributed by atoms with Gasteiger partial charge in [0.25, 0.3) is 5.56 Å². The van der Waals surface area contributed by atoms with Crippen molar-refractivity contribution in [3.05, 3.63) is 62.5 Å². The van der Waals surface area contributed by atoms with Crippen molar-refractivity contribution < 1.29 is 9.47 Å². The summed E-state index contributed by atoms with van der Waals surface area (Å²) in [4.78, 5) is 12.1. The van der Waals surface area contributed by atoms with Crippen molar-refractivity contribution in [2.75, 3.05) is 20.3 Å². The van der Waals surface area contributed by atoms with Crippen LogP contribution in [0.5, 0.6) is 5.75 Å². The summed E-state index contributed by atoms with van der Waals surface area (Å²) in [5.41, 5.74) is 0.692. The monoisotopic (exact) mass is 341 g/mol. The number of ether oxygens (including phenoxy) is 2. The minimum absolute atomic E-state index is 0.143. The van der Waals surface area contributed by atoms with E-state index in [1.165, 1.54) is 6.07 Å². The molecule has 0 saturated heterocycles. The fourth-order valence-electron chi connectivity index (χ4n) is 1.94. The van der Waals surface area contributed by atoms with Crippen LogP contribution >= 0.6 is 23.2 Å². The van der Waals surface area contributed by atoms with Crippen molar-refractivity contribution in [3.8, 4) is 5.75 Å². The van der Waals surface area contributed by atoms with Gasteiger partial charge in [-0.15, -0.1) is 0 Å². The van der Waals surface area contributed by atoms with Gasteiger partial charge in [0, 0.05) is 42.4 Å². The quantitative estimate of drug-likeness (QED) is 0.722. The molecule has 0 aliphatic carbocycles. The number of pyridine rings is 1. The summed E-state index contributed by atoms with van der Waals surface area (Å²) in [6.07, 6.45) is 2.47. The number of halogens is 2. The van der Waals surface area contributed by atoms with Gasteiger partial charge in [-0.1, -0.05) is 29.3 Å². The van der Waals surface area contributed by atoms with Gasteiger partial charge in [-0.25, -0.2) is 0 Å². The van der Waals surface area contributed by atoms with Gasteiger partial charge in [-0.05, 0) is 23.8 Å². The number of benzene rings is 1. The largest absolute Gasteiger partial charge is 0.493 e. The maximum atomic E-state index is 12.1. The molecule has 22 heavy (non-hydrogen) atoms. The molecule has 6 heteroatoms. The lowest BCUT2D eigenvalue weighted by Gasteiger charge is -2.10. The average molecular weight is 342 g/mol. The second-order valence-corrected chi connectivity index (χ2v) is 5.60. The summed E-state index contributed by atoms with van der Waals surface area (Å²) in [5.74, 6) is 0.555. The van der Waals surface area contributed by atoms with Crippen molar-refractivity contribution in [2.24, 2.45) is 0 Å². The predicted octanol–water partition coefficient (Wildman–Crippen LogP) is 3.62. The maximum absolute atomic E-state index is 12.1. The molecular formula is C16H17Cl2NO3. The molecule has 1 aromatic carbocycles. The smallest absolute Gasteiger partial charge is 0.254 e. The average Bonchev–Trinajstić information content (AvgIpc) is 2.49. The van der Waals surface area contributed by atoms with Gasteiger partial charge in [0.05, 0.1) is 13.2 Å². The second kappa shape index (κ2) is 8.22. The molecule has 0 amide bonds. The van der Waals surface area contributed by atoms with Crippen LogP contribution < -0.4 is 10.3 Å². The third kappa shape index (κ3) is 4.77. The topological polar surface area (TPSA) is 40.5 Å². The Morgan fingerprint density at radius 1 is 1.14 bits per heavy atom. The van der Waals surface area contributed by atoms with Crippen LogP contribution in [0.25, 0.3) is 0 Å². The summed E-state index contributed by atoms with van der Waals surface area (Å²) < 4.78 is 12.0. The van der Waals surface area contributed by atoms with E-state index in [9.17, 15) is 4.79 Å². The van der Waals surface area contributed by atoms with Gasteiger partial charge in [-0.2, -0.15) is 0 Å². The lowest BCUT2D eigenvalue weighted by molar-refractivity contribution is 0.172. The third-order valence-corrected chi connectivity index (χ3v) is 3.67. The van der Waals surface area contributed by atoms with Crippen molar-refractivity contribution in [1.29, 1.82) is 0 Å². The Kier molecular flexibility index (Phi) is 6.31. The minimum atomic E-state index is -0.143. The number of nitrogens with zero attached hydrogens (tertiary/aromatic N) is 1. The van der Waals surface area contributed by atoms with Gasteiger partial charge in [0.1, 0.15) is 5.75 Å². The molecule has 0 radical (unpaired) electrons. The molecule has 118 valence electrons. The Morgan fingerprint density at radius 2 is 1.95 bits per heavy atom. The molecule has 2 aromatic rings. The molecule has 1 heterocycles. The summed E-state index contributed by atoms with van der Waals surface area (Å²) in [6, 6.07) is 8.46. The van der Waals surface area contributed by atoms with Crippen molar-refractivity contribution in [2.45, 2.75) is 13.0 Å².